The maximum atomic E-state index is 3.25. The Morgan fingerprint density at radius 3 is 0.545 bits per heavy atom. The molecule has 0 amide bonds. The maximum absolute atomic E-state index is 3.25. The van der Waals surface area contributed by atoms with Gasteiger partial charge in [-0.3, -0.25) is 0 Å². The Morgan fingerprint density at radius 2 is 0.545 bits per heavy atom. The normalized spacial score (nSPS) is 1.09. The fraction of sp³-hybridized carbons (Fsp3) is 0.778. The average molecular weight is 560 g/mol. The van der Waals surface area contributed by atoms with Gasteiger partial charge in [0.2, 0.25) is 0 Å². The van der Waals surface area contributed by atoms with Gasteiger partial charge < -0.3 is 13.8 Å². The summed E-state index contributed by atoms with van der Waals surface area (Å²) in [5.41, 5.74) is 0. The van der Waals surface area contributed by atoms with Crippen LogP contribution in [-0.4, -0.2) is 0 Å². The fourth-order valence-electron chi connectivity index (χ4n) is 0. The molecule has 11 heavy (non-hydrogen) atoms. The van der Waals surface area contributed by atoms with E-state index >= 15 is 0 Å². The van der Waals surface area contributed by atoms with E-state index < -0.39 is 0 Å². The van der Waals surface area contributed by atoms with Crippen molar-refractivity contribution < 1.29 is 52.2 Å². The minimum atomic E-state index is 0. The predicted molar refractivity (Wildman–Crippen MR) is 55.7 cm³/mol. The molecule has 76 valence electrons. The van der Waals surface area contributed by atoms with Gasteiger partial charge >= 0.3 is 31.1 Å². The van der Waals surface area contributed by atoms with Crippen LogP contribution in [0.3, 0.4) is 0 Å². The van der Waals surface area contributed by atoms with Crippen LogP contribution in [0, 0.1) is 45.0 Å². The van der Waals surface area contributed by atoms with Crippen molar-refractivity contribution in [3.05, 3.63) is 13.8 Å². The van der Waals surface area contributed by atoms with Crippen molar-refractivity contribution in [2.24, 2.45) is 0 Å². The third-order valence-electron chi connectivity index (χ3n) is 0. The largest absolute Gasteiger partial charge is 2.00 e. The van der Waals surface area contributed by atoms with Crippen molar-refractivity contribution in [1.82, 2.24) is 0 Å². The van der Waals surface area contributed by atoms with Gasteiger partial charge in [0.1, 0.15) is 0 Å². The smallest absolute Gasteiger partial charge is 0.346 e. The molecule has 0 bridgehead atoms. The van der Waals surface area contributed by atoms with Crippen LogP contribution in [0.5, 0.6) is 0 Å². The van der Waals surface area contributed by atoms with Crippen LogP contribution in [-0.2, 0) is 21.1 Å². The second-order valence-corrected chi connectivity index (χ2v) is 0. The summed E-state index contributed by atoms with van der Waals surface area (Å²) in [6, 6.07) is 0. The monoisotopic (exact) mass is 560 g/mol. The first-order valence-corrected chi connectivity index (χ1v) is 1.41. The van der Waals surface area contributed by atoms with E-state index in [1.165, 1.54) is 0 Å². The van der Waals surface area contributed by atoms with Crippen LogP contribution in [0.2, 0.25) is 0 Å². The first-order valence-electron chi connectivity index (χ1n) is 1.41. The second kappa shape index (κ2) is 447. The van der Waals surface area contributed by atoms with Gasteiger partial charge in [-0.25, -0.2) is 0 Å². The Balaban J connectivity index is -0.000000000635. The molecule has 0 aromatic heterocycles. The van der Waals surface area contributed by atoms with Crippen molar-refractivity contribution in [2.75, 3.05) is 0 Å². The van der Waals surface area contributed by atoms with Gasteiger partial charge in [0.05, 0.1) is 0 Å². The summed E-state index contributed by atoms with van der Waals surface area (Å²) < 4.78 is 0. The van der Waals surface area contributed by atoms with Crippen LogP contribution < -0.4 is 0 Å². The summed E-state index contributed by atoms with van der Waals surface area (Å²) in [7, 11) is 0. The molecule has 0 fully saturated rings. The summed E-state index contributed by atoms with van der Waals surface area (Å²) in [5.74, 6) is 0. The van der Waals surface area contributed by atoms with Gasteiger partial charge in [0.15, 0.2) is 0 Å². The van der Waals surface area contributed by atoms with Crippen LogP contribution in [0.1, 0.15) is 51.0 Å². The van der Waals surface area contributed by atoms with E-state index in [1.807, 2.05) is 0 Å². The third-order valence-corrected chi connectivity index (χ3v) is 0. The van der Waals surface area contributed by atoms with Gasteiger partial charge in [-0.15, -0.1) is 0 Å². The fourth-order valence-corrected chi connectivity index (χ4v) is 0. The molecule has 0 rings (SSSR count). The van der Waals surface area contributed by atoms with Gasteiger partial charge in [-0.1, -0.05) is 37.1 Å². The minimum Gasteiger partial charge on any atom is -0.346 e. The molecule has 0 aliphatic rings. The maximum Gasteiger partial charge on any atom is 2.00 e. The van der Waals surface area contributed by atoms with Crippen molar-refractivity contribution in [3.8, 4) is 0 Å². The van der Waals surface area contributed by atoms with Crippen molar-refractivity contribution in [2.45, 2.75) is 51.0 Å². The van der Waals surface area contributed by atoms with Crippen LogP contribution in [0.4, 0.5) is 0 Å². The summed E-state index contributed by atoms with van der Waals surface area (Å²) in [6.45, 7) is 10.0. The Hall–Kier alpha value is 1.74. The zero-order valence-corrected chi connectivity index (χ0v) is 11.4. The Morgan fingerprint density at radius 1 is 0.545 bits per heavy atom. The molecule has 0 aromatic carbocycles. The first kappa shape index (κ1) is 126. The van der Waals surface area contributed by atoms with Gasteiger partial charge in [-0.05, 0) is 0 Å². The van der Waals surface area contributed by atoms with Crippen molar-refractivity contribution >= 4 is 0 Å². The van der Waals surface area contributed by atoms with E-state index in [0.717, 1.165) is 0 Å². The Bertz CT molecular complexity index is 9.52. The molecule has 0 heterocycles. The number of hydrogen-bond acceptors (Lipinski definition) is 0. The summed E-state index contributed by atoms with van der Waals surface area (Å²) in [6.07, 6.45) is 0. The molecule has 0 aliphatic heterocycles. The van der Waals surface area contributed by atoms with Crippen molar-refractivity contribution in [3.63, 3.8) is 0 Å². The summed E-state index contributed by atoms with van der Waals surface area (Å²) in [5, 5.41) is 0. The van der Waals surface area contributed by atoms with E-state index in [9.17, 15) is 0 Å². The number of hydrogen-bond donors (Lipinski definition) is 0. The van der Waals surface area contributed by atoms with E-state index in [1.54, 1.807) is 13.8 Å². The molecule has 2 heteroatoms. The molecule has 0 nitrogen and oxygen atoms in total. The van der Waals surface area contributed by atoms with Gasteiger partial charge in [-0.2, -0.15) is 13.8 Å². The van der Waals surface area contributed by atoms with E-state index in [-0.39, 0.29) is 89.3 Å². The SMILES string of the molecule is C.C.C.C.C.[CH2-]C.[CH2-]C.[U+2].[W]. The molecule has 0 saturated carbocycles. The standard InChI is InChI=1S/2C2H5.5CH4.U.W/c2*1-2;;;;;;;/h2*1H2,2H3;5*1H4;;/q2*-1;;;;;;+2;. The first-order chi connectivity index (χ1) is 2.00. The molecule has 0 spiro atoms. The molecule has 0 unspecified atom stereocenters. The molecular weight excluding hydrogens is 530 g/mol. The van der Waals surface area contributed by atoms with Gasteiger partial charge in [0, 0.05) is 21.1 Å². The Kier molecular flexibility index (Phi) is 5100. The molecule has 0 aromatic rings. The average Bonchev–Trinajstić information content (AvgIpc) is 1.50. The molecule has 0 N–H and O–H groups in total. The summed E-state index contributed by atoms with van der Waals surface area (Å²) >= 11 is 0. The molecule has 0 radical (unpaired) electrons. The van der Waals surface area contributed by atoms with Crippen molar-refractivity contribution in [1.29, 1.82) is 0 Å². The van der Waals surface area contributed by atoms with Crippen LogP contribution in [0.25, 0.3) is 0 Å². The van der Waals surface area contributed by atoms with Crippen LogP contribution in [0.15, 0.2) is 0 Å². The second-order valence-electron chi connectivity index (χ2n) is 0. The third kappa shape index (κ3) is 368. The minimum absolute atomic E-state index is 0. The molecule has 0 saturated heterocycles. The topological polar surface area (TPSA) is 0 Å². The zero-order chi connectivity index (χ0) is 4.00. The zero-order valence-electron chi connectivity index (χ0n) is 4.32. The Labute approximate surface area is 116 Å². The number of rotatable bonds is 0. The van der Waals surface area contributed by atoms with E-state index in [4.69, 9.17) is 0 Å². The van der Waals surface area contributed by atoms with Crippen LogP contribution >= 0.6 is 0 Å². The summed E-state index contributed by atoms with van der Waals surface area (Å²) in [4.78, 5) is 0. The molecule has 0 atom stereocenters. The van der Waals surface area contributed by atoms with Gasteiger partial charge in [0.25, 0.3) is 0 Å². The molecular formula is C9H30UW. The molecule has 0 aliphatic carbocycles. The quantitative estimate of drug-likeness (QED) is 0.372. The van der Waals surface area contributed by atoms with E-state index in [2.05, 4.69) is 13.8 Å². The predicted octanol–water partition coefficient (Wildman–Crippen LogP) is 4.86. The van der Waals surface area contributed by atoms with E-state index in [0.29, 0.717) is 0 Å².